The van der Waals surface area contributed by atoms with E-state index in [1.807, 2.05) is 13.0 Å². The molecule has 24 heavy (non-hydrogen) atoms. The van der Waals surface area contributed by atoms with Crippen molar-refractivity contribution in [1.29, 1.82) is 0 Å². The highest BCUT2D eigenvalue weighted by Crippen LogP contribution is 2.44. The first-order valence-electron chi connectivity index (χ1n) is 7.82. The van der Waals surface area contributed by atoms with Crippen LogP contribution >= 0.6 is 0 Å². The van der Waals surface area contributed by atoms with Gasteiger partial charge in [0.2, 0.25) is 17.7 Å². The van der Waals surface area contributed by atoms with Gasteiger partial charge in [-0.1, -0.05) is 19.1 Å². The number of aliphatic carboxylic acids is 1. The van der Waals surface area contributed by atoms with Crippen LogP contribution in [-0.4, -0.2) is 46.9 Å². The van der Waals surface area contributed by atoms with Crippen LogP contribution < -0.4 is 16.0 Å². The minimum absolute atomic E-state index is 0.173. The molecule has 1 aliphatic carbocycles. The topological polar surface area (TPSA) is 125 Å². The predicted octanol–water partition coefficient (Wildman–Crippen LogP) is -0.383. The van der Waals surface area contributed by atoms with Crippen LogP contribution in [0.4, 0.5) is 0 Å². The van der Waals surface area contributed by atoms with Gasteiger partial charge >= 0.3 is 5.97 Å². The number of hydrogen-bond acceptors (Lipinski definition) is 5. The lowest BCUT2D eigenvalue weighted by molar-refractivity contribution is -0.137. The molecule has 8 heteroatoms. The van der Waals surface area contributed by atoms with E-state index in [0.717, 1.165) is 6.42 Å². The van der Waals surface area contributed by atoms with Gasteiger partial charge in [-0.2, -0.15) is 0 Å². The van der Waals surface area contributed by atoms with E-state index in [1.165, 1.54) is 0 Å². The van der Waals surface area contributed by atoms with Gasteiger partial charge in [-0.3, -0.25) is 29.8 Å². The zero-order valence-electron chi connectivity index (χ0n) is 13.6. The standard InChI is InChI=1S/C16H21N3O5/c1-3-4-5-9-13(16(9,2)17-8-12(21)22)15(24)18-10-6-7-11(20)19-14(10)23/h4-5,10,17H,3,6-8H2,1-2H3,(H,18,24)(H,21,22)(H,19,20,23)/b5-4-/t10?,16-/m1/s1. The maximum Gasteiger partial charge on any atom is 0.317 e. The Morgan fingerprint density at radius 1 is 1.42 bits per heavy atom. The zero-order valence-corrected chi connectivity index (χ0v) is 13.6. The summed E-state index contributed by atoms with van der Waals surface area (Å²) in [5.41, 5.74) is 0.295. The largest absolute Gasteiger partial charge is 0.480 e. The highest BCUT2D eigenvalue weighted by atomic mass is 16.4. The molecule has 2 rings (SSSR count). The van der Waals surface area contributed by atoms with Crippen LogP contribution in [0.3, 0.4) is 0 Å². The second-order valence-electron chi connectivity index (χ2n) is 5.95. The quantitative estimate of drug-likeness (QED) is 0.470. The molecular formula is C16H21N3O5. The van der Waals surface area contributed by atoms with Crippen LogP contribution in [0.2, 0.25) is 0 Å². The molecule has 1 fully saturated rings. The number of carboxylic acid groups (broad SMARTS) is 1. The van der Waals surface area contributed by atoms with Crippen molar-refractivity contribution in [3.05, 3.63) is 23.3 Å². The highest BCUT2D eigenvalue weighted by molar-refractivity contribution is 6.08. The minimum atomic E-state index is -1.02. The number of allylic oxidation sites excluding steroid dienone is 1. The Bertz CT molecular complexity index is 652. The van der Waals surface area contributed by atoms with Gasteiger partial charge in [-0.15, -0.1) is 0 Å². The molecule has 0 bridgehead atoms. The van der Waals surface area contributed by atoms with E-state index in [9.17, 15) is 19.2 Å². The summed E-state index contributed by atoms with van der Waals surface area (Å²) in [6.45, 7) is 3.39. The second-order valence-corrected chi connectivity index (χ2v) is 5.95. The van der Waals surface area contributed by atoms with Gasteiger partial charge in [0.05, 0.1) is 12.1 Å². The van der Waals surface area contributed by atoms with Gasteiger partial charge in [0, 0.05) is 12.0 Å². The number of rotatable bonds is 7. The monoisotopic (exact) mass is 335 g/mol. The van der Waals surface area contributed by atoms with Crippen LogP contribution in [0.5, 0.6) is 0 Å². The molecule has 1 unspecified atom stereocenters. The zero-order chi connectivity index (χ0) is 17.9. The van der Waals surface area contributed by atoms with E-state index in [4.69, 9.17) is 5.11 Å². The normalized spacial score (nSPS) is 26.5. The molecule has 8 nitrogen and oxygen atoms in total. The third kappa shape index (κ3) is 3.70. The van der Waals surface area contributed by atoms with E-state index >= 15 is 0 Å². The molecular weight excluding hydrogens is 314 g/mol. The molecule has 4 N–H and O–H groups in total. The first-order chi connectivity index (χ1) is 11.3. The summed E-state index contributed by atoms with van der Waals surface area (Å²) in [5.74, 6) is -2.32. The smallest absolute Gasteiger partial charge is 0.317 e. The fourth-order valence-electron chi connectivity index (χ4n) is 2.73. The molecule has 0 spiro atoms. The summed E-state index contributed by atoms with van der Waals surface area (Å²) >= 11 is 0. The second kappa shape index (κ2) is 6.96. The maximum atomic E-state index is 12.5. The maximum absolute atomic E-state index is 12.5. The van der Waals surface area contributed by atoms with Crippen LogP contribution in [0.1, 0.15) is 33.1 Å². The van der Waals surface area contributed by atoms with Crippen molar-refractivity contribution < 1.29 is 24.3 Å². The van der Waals surface area contributed by atoms with Crippen LogP contribution in [0, 0.1) is 0 Å². The average molecular weight is 335 g/mol. The molecule has 0 radical (unpaired) electrons. The van der Waals surface area contributed by atoms with Gasteiger partial charge in [-0.25, -0.2) is 0 Å². The molecule has 0 saturated carbocycles. The van der Waals surface area contributed by atoms with Gasteiger partial charge < -0.3 is 10.4 Å². The summed E-state index contributed by atoms with van der Waals surface area (Å²) in [5, 5.41) is 16.5. The molecule has 0 aromatic carbocycles. The third-order valence-electron chi connectivity index (χ3n) is 4.13. The Labute approximate surface area is 139 Å². The number of carbonyl (C=O) groups is 4. The molecule has 1 aliphatic heterocycles. The molecule has 2 aliphatic rings. The predicted molar refractivity (Wildman–Crippen MR) is 84.8 cm³/mol. The van der Waals surface area contributed by atoms with Crippen molar-refractivity contribution >= 4 is 23.7 Å². The van der Waals surface area contributed by atoms with Crippen LogP contribution in [-0.2, 0) is 19.2 Å². The summed E-state index contributed by atoms with van der Waals surface area (Å²) in [6, 6.07) is -0.761. The molecule has 0 aromatic rings. The number of imide groups is 1. The van der Waals surface area contributed by atoms with Crippen LogP contribution in [0.15, 0.2) is 23.3 Å². The number of amides is 3. The third-order valence-corrected chi connectivity index (χ3v) is 4.13. The number of hydrogen-bond donors (Lipinski definition) is 4. The van der Waals surface area contributed by atoms with Crippen molar-refractivity contribution in [1.82, 2.24) is 16.0 Å². The van der Waals surface area contributed by atoms with Crippen molar-refractivity contribution in [3.63, 3.8) is 0 Å². The van der Waals surface area contributed by atoms with E-state index in [2.05, 4.69) is 16.0 Å². The Kier molecular flexibility index (Phi) is 5.18. The van der Waals surface area contributed by atoms with Crippen molar-refractivity contribution in [2.75, 3.05) is 6.54 Å². The Hall–Kier alpha value is -2.48. The van der Waals surface area contributed by atoms with Gasteiger partial charge in [0.1, 0.15) is 6.04 Å². The van der Waals surface area contributed by atoms with E-state index in [0.29, 0.717) is 11.1 Å². The van der Waals surface area contributed by atoms with Gasteiger partial charge in [0.15, 0.2) is 0 Å². The number of carboxylic acids is 1. The minimum Gasteiger partial charge on any atom is -0.480 e. The Balaban J connectivity index is 2.08. The van der Waals surface area contributed by atoms with Crippen LogP contribution in [0.25, 0.3) is 0 Å². The number of carbonyl (C=O) groups excluding carboxylic acids is 3. The molecule has 130 valence electrons. The lowest BCUT2D eigenvalue weighted by atomic mass is 10.1. The first-order valence-corrected chi connectivity index (χ1v) is 7.82. The fraction of sp³-hybridized carbons (Fsp3) is 0.500. The molecule has 1 heterocycles. The average Bonchev–Trinajstić information content (AvgIpc) is 3.11. The summed E-state index contributed by atoms with van der Waals surface area (Å²) in [6.07, 6.45) is 4.87. The van der Waals surface area contributed by atoms with Gasteiger partial charge in [-0.05, 0) is 25.3 Å². The molecule has 2 atom stereocenters. The SMILES string of the molecule is CC/C=C\C1=C(C(=O)NC2CCC(=O)NC2=O)[C@]1(C)NCC(=O)O. The van der Waals surface area contributed by atoms with Crippen molar-refractivity contribution in [2.45, 2.75) is 44.7 Å². The molecule has 1 saturated heterocycles. The van der Waals surface area contributed by atoms with Crippen molar-refractivity contribution in [2.24, 2.45) is 0 Å². The first kappa shape index (κ1) is 17.9. The lowest BCUT2D eigenvalue weighted by Crippen LogP contribution is -2.53. The van der Waals surface area contributed by atoms with Crippen molar-refractivity contribution in [3.8, 4) is 0 Å². The molecule has 0 aromatic heterocycles. The highest BCUT2D eigenvalue weighted by Gasteiger charge is 2.52. The summed E-state index contributed by atoms with van der Waals surface area (Å²) < 4.78 is 0. The lowest BCUT2D eigenvalue weighted by Gasteiger charge is -2.22. The van der Waals surface area contributed by atoms with E-state index in [-0.39, 0.29) is 25.3 Å². The Morgan fingerprint density at radius 3 is 2.71 bits per heavy atom. The molecule has 3 amide bonds. The summed E-state index contributed by atoms with van der Waals surface area (Å²) in [7, 11) is 0. The van der Waals surface area contributed by atoms with Gasteiger partial charge in [0.25, 0.3) is 0 Å². The number of nitrogens with one attached hydrogen (secondary N) is 3. The summed E-state index contributed by atoms with van der Waals surface area (Å²) in [4.78, 5) is 46.1. The van der Waals surface area contributed by atoms with E-state index < -0.39 is 29.4 Å². The fourth-order valence-corrected chi connectivity index (χ4v) is 2.73. The Morgan fingerprint density at radius 2 is 2.12 bits per heavy atom. The van der Waals surface area contributed by atoms with E-state index in [1.54, 1.807) is 13.0 Å². The number of piperidine rings is 1.